The minimum Gasteiger partial charge on any atom is -0.370 e. The van der Waals surface area contributed by atoms with Crippen LogP contribution in [0.3, 0.4) is 0 Å². The van der Waals surface area contributed by atoms with E-state index in [-0.39, 0.29) is 5.96 Å². The van der Waals surface area contributed by atoms with E-state index in [0.717, 1.165) is 55.8 Å². The fourth-order valence-corrected chi connectivity index (χ4v) is 4.31. The van der Waals surface area contributed by atoms with E-state index in [1.165, 1.54) is 0 Å². The van der Waals surface area contributed by atoms with Crippen molar-refractivity contribution in [2.24, 2.45) is 12.8 Å². The van der Waals surface area contributed by atoms with Gasteiger partial charge in [0.15, 0.2) is 11.9 Å². The maximum Gasteiger partial charge on any atom is 0.195 e. The average molecular weight is 466 g/mol. The molecule has 0 fully saturated rings. The van der Waals surface area contributed by atoms with Crippen molar-refractivity contribution < 1.29 is 0 Å². The molecule has 0 aliphatic rings. The van der Waals surface area contributed by atoms with Gasteiger partial charge in [0.05, 0.1) is 11.0 Å². The number of anilines is 2. The zero-order chi connectivity index (χ0) is 24.7. The third-order valence-corrected chi connectivity index (χ3v) is 6.24. The molecular formula is C26H27N9. The average Bonchev–Trinajstić information content (AvgIpc) is 3.43. The highest BCUT2D eigenvalue weighted by Gasteiger charge is 2.16. The van der Waals surface area contributed by atoms with Crippen molar-refractivity contribution in [3.05, 3.63) is 66.9 Å². The molecule has 35 heavy (non-hydrogen) atoms. The molecule has 3 aromatic carbocycles. The summed E-state index contributed by atoms with van der Waals surface area (Å²) in [4.78, 5) is 10.1. The van der Waals surface area contributed by atoms with E-state index in [4.69, 9.17) is 21.5 Å². The highest BCUT2D eigenvalue weighted by Crippen LogP contribution is 2.34. The molecule has 176 valence electrons. The first-order valence-electron chi connectivity index (χ1n) is 11.1. The van der Waals surface area contributed by atoms with E-state index < -0.39 is 0 Å². The zero-order valence-corrected chi connectivity index (χ0v) is 19.8. The molecule has 7 N–H and O–H groups in total. The first kappa shape index (κ1) is 22.0. The molecule has 0 saturated heterocycles. The number of nitrogens with zero attached hydrogens (tertiary/aromatic N) is 3. The number of hydrogen-bond donors (Lipinski definition) is 6. The Morgan fingerprint density at radius 1 is 1.03 bits per heavy atom. The minimum absolute atomic E-state index is 0.0855. The molecule has 9 nitrogen and oxygen atoms in total. The van der Waals surface area contributed by atoms with Crippen LogP contribution in [0.2, 0.25) is 0 Å². The summed E-state index contributed by atoms with van der Waals surface area (Å²) in [5.74, 6) is 1.10. The monoisotopic (exact) mass is 465 g/mol. The topological polar surface area (TPSA) is 135 Å². The molecule has 0 unspecified atom stereocenters. The molecular weight excluding hydrogens is 438 g/mol. The minimum atomic E-state index is -0.0855. The number of H-pyrrole nitrogens is 1. The van der Waals surface area contributed by atoms with Crippen LogP contribution >= 0.6 is 0 Å². The Hall–Kier alpha value is -4.79. The predicted molar refractivity (Wildman–Crippen MR) is 144 cm³/mol. The van der Waals surface area contributed by atoms with Crippen LogP contribution in [0.15, 0.2) is 66.9 Å². The van der Waals surface area contributed by atoms with Crippen LogP contribution in [0.1, 0.15) is 0 Å². The number of imidazole rings is 1. The van der Waals surface area contributed by atoms with Crippen LogP contribution < -0.4 is 21.3 Å². The fourth-order valence-electron chi connectivity index (χ4n) is 4.31. The van der Waals surface area contributed by atoms with E-state index in [2.05, 4.69) is 44.5 Å². The van der Waals surface area contributed by atoms with Crippen LogP contribution in [-0.2, 0) is 7.05 Å². The Kier molecular flexibility index (Phi) is 5.37. The molecule has 5 aromatic rings. The highest BCUT2D eigenvalue weighted by molar-refractivity contribution is 5.99. The second kappa shape index (κ2) is 8.53. The standard InChI is InChI=1S/C26H27N9/c1-30-26(29)34(2)18-9-11-22-23(13-18)35(3)24(33-22)20-14-31-21-10-6-16(12-19(20)21)15-4-7-17(8-5-15)32-25(27)28/h4-14,31H,1-3H3,(H2,29,30)(H4,27,28,32). The van der Waals surface area contributed by atoms with E-state index >= 15 is 0 Å². The lowest BCUT2D eigenvalue weighted by molar-refractivity contribution is 0.960. The lowest BCUT2D eigenvalue weighted by Gasteiger charge is -2.19. The third kappa shape index (κ3) is 3.93. The number of aromatic amines is 1. The molecule has 2 heterocycles. The van der Waals surface area contributed by atoms with Crippen molar-refractivity contribution in [2.45, 2.75) is 0 Å². The summed E-state index contributed by atoms with van der Waals surface area (Å²) in [6.45, 7) is 0. The van der Waals surface area contributed by atoms with Crippen molar-refractivity contribution in [1.29, 1.82) is 10.8 Å². The Morgan fingerprint density at radius 2 is 1.77 bits per heavy atom. The number of benzene rings is 3. The van der Waals surface area contributed by atoms with Crippen LogP contribution in [0, 0.1) is 10.8 Å². The van der Waals surface area contributed by atoms with Gasteiger partial charge < -0.3 is 30.8 Å². The maximum atomic E-state index is 8.05. The molecule has 2 aromatic heterocycles. The molecule has 0 spiro atoms. The van der Waals surface area contributed by atoms with E-state index in [9.17, 15) is 0 Å². The molecule has 0 bridgehead atoms. The Labute approximate surface area is 202 Å². The Morgan fingerprint density at radius 3 is 2.49 bits per heavy atom. The number of hydrogen-bond acceptors (Lipinski definition) is 3. The lowest BCUT2D eigenvalue weighted by Crippen LogP contribution is -2.35. The maximum absolute atomic E-state index is 8.05. The quantitative estimate of drug-likeness (QED) is 0.174. The number of nitrogens with two attached hydrogens (primary N) is 1. The number of aromatic nitrogens is 3. The first-order chi connectivity index (χ1) is 16.9. The van der Waals surface area contributed by atoms with Gasteiger partial charge in [-0.25, -0.2) is 4.98 Å². The first-order valence-corrected chi connectivity index (χ1v) is 11.1. The molecule has 9 heteroatoms. The smallest absolute Gasteiger partial charge is 0.195 e. The summed E-state index contributed by atoms with van der Waals surface area (Å²) in [6.07, 6.45) is 2.00. The van der Waals surface area contributed by atoms with Gasteiger partial charge >= 0.3 is 0 Å². The SMILES string of the molecule is CNC(=N)N(C)c1ccc2nc(-c3c[nH]c4ccc(-c5ccc(NC(=N)N)cc5)cc34)n(C)c2c1. The van der Waals surface area contributed by atoms with E-state index in [0.29, 0.717) is 5.96 Å². The molecule has 0 amide bonds. The summed E-state index contributed by atoms with van der Waals surface area (Å²) in [6, 6.07) is 20.2. The van der Waals surface area contributed by atoms with Crippen LogP contribution in [0.25, 0.3) is 44.5 Å². The third-order valence-electron chi connectivity index (χ3n) is 6.24. The molecule has 0 atom stereocenters. The van der Waals surface area contributed by atoms with Gasteiger partial charge in [0.2, 0.25) is 0 Å². The number of nitrogens with one attached hydrogen (secondary N) is 5. The molecule has 0 aliphatic carbocycles. The largest absolute Gasteiger partial charge is 0.370 e. The summed E-state index contributed by atoms with van der Waals surface area (Å²) < 4.78 is 2.09. The normalized spacial score (nSPS) is 11.1. The van der Waals surface area contributed by atoms with Crippen molar-refractivity contribution in [1.82, 2.24) is 19.9 Å². The fraction of sp³-hybridized carbons (Fsp3) is 0.115. The van der Waals surface area contributed by atoms with Gasteiger partial charge in [-0.3, -0.25) is 10.8 Å². The second-order valence-corrected chi connectivity index (χ2v) is 8.40. The van der Waals surface area contributed by atoms with E-state index in [1.54, 1.807) is 11.9 Å². The second-order valence-electron chi connectivity index (χ2n) is 8.40. The van der Waals surface area contributed by atoms with Crippen molar-refractivity contribution in [2.75, 3.05) is 24.3 Å². The van der Waals surface area contributed by atoms with Crippen LogP contribution in [0.4, 0.5) is 11.4 Å². The van der Waals surface area contributed by atoms with Crippen molar-refractivity contribution >= 4 is 45.2 Å². The molecule has 0 saturated carbocycles. The van der Waals surface area contributed by atoms with Gasteiger partial charge in [0.25, 0.3) is 0 Å². The van der Waals surface area contributed by atoms with Gasteiger partial charge in [-0.05, 0) is 53.6 Å². The number of guanidine groups is 2. The van der Waals surface area contributed by atoms with Gasteiger partial charge in [0.1, 0.15) is 5.82 Å². The Balaban J connectivity index is 1.56. The number of aryl methyl sites for hydroxylation is 1. The van der Waals surface area contributed by atoms with Gasteiger partial charge in [0, 0.05) is 55.2 Å². The number of fused-ring (bicyclic) bond motifs is 2. The van der Waals surface area contributed by atoms with Crippen LogP contribution in [-0.4, -0.2) is 40.5 Å². The van der Waals surface area contributed by atoms with Crippen molar-refractivity contribution in [3.63, 3.8) is 0 Å². The summed E-state index contributed by atoms with van der Waals surface area (Å²) in [7, 11) is 5.62. The molecule has 0 aliphatic heterocycles. The summed E-state index contributed by atoms with van der Waals surface area (Å²) in [5.41, 5.74) is 13.2. The summed E-state index contributed by atoms with van der Waals surface area (Å²) >= 11 is 0. The number of rotatable bonds is 4. The van der Waals surface area contributed by atoms with Crippen molar-refractivity contribution in [3.8, 4) is 22.5 Å². The summed E-state index contributed by atoms with van der Waals surface area (Å²) in [5, 5.41) is 22.2. The van der Waals surface area contributed by atoms with Gasteiger partial charge in [-0.15, -0.1) is 0 Å². The van der Waals surface area contributed by atoms with E-state index in [1.807, 2.05) is 56.7 Å². The highest BCUT2D eigenvalue weighted by atomic mass is 15.3. The molecule has 5 rings (SSSR count). The molecule has 0 radical (unpaired) electrons. The van der Waals surface area contributed by atoms with Gasteiger partial charge in [-0.1, -0.05) is 18.2 Å². The predicted octanol–water partition coefficient (Wildman–Crippen LogP) is 4.28. The lowest BCUT2D eigenvalue weighted by atomic mass is 10.0. The Bertz CT molecular complexity index is 1570. The van der Waals surface area contributed by atoms with Gasteiger partial charge in [-0.2, -0.15) is 0 Å². The zero-order valence-electron chi connectivity index (χ0n) is 19.8. The van der Waals surface area contributed by atoms with Crippen LogP contribution in [0.5, 0.6) is 0 Å².